The summed E-state index contributed by atoms with van der Waals surface area (Å²) in [6, 6.07) is 9.75. The molecule has 12 heteroatoms. The number of carbonyl (C=O) groups is 3. The van der Waals surface area contributed by atoms with Gasteiger partial charge in [0.2, 0.25) is 0 Å². The quantitative estimate of drug-likeness (QED) is 0.192. The molecule has 5 rings (SSSR count). The lowest BCUT2D eigenvalue weighted by molar-refractivity contribution is -0.384. The molecule has 0 aromatic heterocycles. The normalized spacial score (nSPS) is 29.0. The molecule has 6 atom stereocenters. The van der Waals surface area contributed by atoms with Gasteiger partial charge in [-0.05, 0) is 48.1 Å². The second kappa shape index (κ2) is 9.14. The second-order valence-electron chi connectivity index (χ2n) is 8.89. The number of halogens is 4. The molecule has 1 aliphatic heterocycles. The predicted molar refractivity (Wildman–Crippen MR) is 135 cm³/mol. The lowest BCUT2D eigenvalue weighted by Gasteiger charge is -2.31. The van der Waals surface area contributed by atoms with Gasteiger partial charge in [0.05, 0.1) is 23.3 Å². The first kappa shape index (κ1) is 24.7. The number of nitro groups is 1. The Labute approximate surface area is 226 Å². The Hall–Kier alpha value is -2.01. The van der Waals surface area contributed by atoms with Gasteiger partial charge in [0.25, 0.3) is 23.4 Å². The van der Waals surface area contributed by atoms with Gasteiger partial charge in [0.1, 0.15) is 0 Å². The summed E-state index contributed by atoms with van der Waals surface area (Å²) < 4.78 is 0. The highest BCUT2D eigenvalue weighted by Gasteiger charge is 2.67. The zero-order chi connectivity index (χ0) is 25.2. The van der Waals surface area contributed by atoms with Gasteiger partial charge in [-0.15, -0.1) is 0 Å². The fourth-order valence-corrected chi connectivity index (χ4v) is 7.83. The minimum absolute atomic E-state index is 0.0220. The average molecular weight is 646 g/mol. The third kappa shape index (κ3) is 3.98. The van der Waals surface area contributed by atoms with Crippen molar-refractivity contribution in [2.45, 2.75) is 22.6 Å². The Morgan fingerprint density at radius 1 is 1.03 bits per heavy atom. The molecule has 2 aromatic rings. The van der Waals surface area contributed by atoms with E-state index in [0.717, 1.165) is 16.4 Å². The number of rotatable bonds is 5. The molecular weight excluding hydrogens is 629 g/mol. The van der Waals surface area contributed by atoms with Crippen molar-refractivity contribution in [3.05, 3.63) is 73.8 Å². The van der Waals surface area contributed by atoms with Crippen molar-refractivity contribution < 1.29 is 19.3 Å². The van der Waals surface area contributed by atoms with Gasteiger partial charge in [-0.1, -0.05) is 61.1 Å². The Balaban J connectivity index is 1.53. The molecule has 3 aliphatic rings. The third-order valence-electron chi connectivity index (χ3n) is 7.10. The number of hydrogen-bond donors (Lipinski definition) is 0. The summed E-state index contributed by atoms with van der Waals surface area (Å²) in [7, 11) is 0. The number of non-ortho nitro benzene ring substituents is 1. The molecule has 8 nitrogen and oxygen atoms in total. The first-order valence-electron chi connectivity index (χ1n) is 10.8. The molecule has 0 N–H and O–H groups in total. The molecule has 1 heterocycles. The van der Waals surface area contributed by atoms with Crippen molar-refractivity contribution in [1.82, 2.24) is 10.0 Å². The van der Waals surface area contributed by atoms with Crippen LogP contribution < -0.4 is 0 Å². The molecule has 2 aliphatic carbocycles. The number of nitro benzene ring substituents is 1. The van der Waals surface area contributed by atoms with Crippen LogP contribution in [0.1, 0.15) is 22.3 Å². The van der Waals surface area contributed by atoms with Crippen molar-refractivity contribution >= 4 is 78.5 Å². The maximum absolute atomic E-state index is 13.6. The fourth-order valence-electron chi connectivity index (χ4n) is 5.49. The number of carbonyl (C=O) groups excluding carboxylic acids is 3. The molecule has 0 unspecified atom stereocenters. The summed E-state index contributed by atoms with van der Waals surface area (Å²) >= 11 is 19.7. The van der Waals surface area contributed by atoms with Crippen molar-refractivity contribution in [2.75, 3.05) is 0 Å². The molecule has 1 saturated heterocycles. The first-order chi connectivity index (χ1) is 16.6. The molecule has 3 amide bonds. The standard InChI is InChI=1S/C23H17Br2Cl2N3O5/c24-19-14-8-15(20(19)25)18-17(14)22(32)29(23(18)33)28(9-11-1-4-12(26)7-16(11)27)21(31)10-2-5-13(6-3-10)30(34)35/h1-7,14-15,17-20H,8-9H2/t14-,15-,17-,18+,19+,20+/m1/s1. The van der Waals surface area contributed by atoms with E-state index in [1.165, 1.54) is 30.3 Å². The monoisotopic (exact) mass is 643 g/mol. The lowest BCUT2D eigenvalue weighted by Crippen LogP contribution is -2.50. The van der Waals surface area contributed by atoms with Gasteiger partial charge < -0.3 is 0 Å². The van der Waals surface area contributed by atoms with Crippen LogP contribution in [0.25, 0.3) is 0 Å². The van der Waals surface area contributed by atoms with Crippen LogP contribution >= 0.6 is 55.1 Å². The van der Waals surface area contributed by atoms with E-state index in [0.29, 0.717) is 10.6 Å². The van der Waals surface area contributed by atoms with Crippen LogP contribution in [0.4, 0.5) is 5.69 Å². The van der Waals surface area contributed by atoms with E-state index in [4.69, 9.17) is 23.2 Å². The largest absolute Gasteiger partial charge is 0.273 e. The third-order valence-corrected chi connectivity index (χ3v) is 10.9. The van der Waals surface area contributed by atoms with Crippen molar-refractivity contribution in [1.29, 1.82) is 0 Å². The zero-order valence-electron chi connectivity index (χ0n) is 17.8. The Kier molecular flexibility index (Phi) is 6.44. The number of hydrazine groups is 1. The van der Waals surface area contributed by atoms with E-state index >= 15 is 0 Å². The van der Waals surface area contributed by atoms with E-state index in [1.807, 2.05) is 0 Å². The van der Waals surface area contributed by atoms with E-state index in [1.54, 1.807) is 12.1 Å². The smallest absolute Gasteiger partial charge is 0.272 e. The van der Waals surface area contributed by atoms with E-state index < -0.39 is 34.5 Å². The number of fused-ring (bicyclic) bond motifs is 5. The van der Waals surface area contributed by atoms with Crippen molar-refractivity contribution in [3.8, 4) is 0 Å². The fraction of sp³-hybridized carbons (Fsp3) is 0.348. The summed E-state index contributed by atoms with van der Waals surface area (Å²) in [6.45, 7) is -0.159. The summed E-state index contributed by atoms with van der Waals surface area (Å²) in [4.78, 5) is 51.4. The number of benzene rings is 2. The van der Waals surface area contributed by atoms with Gasteiger partial charge in [0, 0.05) is 37.4 Å². The maximum atomic E-state index is 13.6. The lowest BCUT2D eigenvalue weighted by atomic mass is 9.81. The zero-order valence-corrected chi connectivity index (χ0v) is 22.5. The van der Waals surface area contributed by atoms with Gasteiger partial charge in [0.15, 0.2) is 0 Å². The molecule has 2 saturated carbocycles. The Morgan fingerprint density at radius 2 is 1.60 bits per heavy atom. The van der Waals surface area contributed by atoms with Crippen LogP contribution in [-0.2, 0) is 16.1 Å². The molecule has 35 heavy (non-hydrogen) atoms. The van der Waals surface area contributed by atoms with Crippen LogP contribution in [0.5, 0.6) is 0 Å². The van der Waals surface area contributed by atoms with Crippen molar-refractivity contribution in [3.63, 3.8) is 0 Å². The van der Waals surface area contributed by atoms with Gasteiger partial charge in [-0.25, -0.2) is 5.01 Å². The topological polar surface area (TPSA) is 101 Å². The molecule has 182 valence electrons. The van der Waals surface area contributed by atoms with Crippen molar-refractivity contribution in [2.24, 2.45) is 23.7 Å². The van der Waals surface area contributed by atoms with Gasteiger partial charge >= 0.3 is 0 Å². The highest BCUT2D eigenvalue weighted by molar-refractivity contribution is 9.12. The number of nitrogens with zero attached hydrogens (tertiary/aromatic N) is 3. The van der Waals surface area contributed by atoms with Crippen LogP contribution in [0.3, 0.4) is 0 Å². The number of alkyl halides is 2. The molecule has 2 bridgehead atoms. The summed E-state index contributed by atoms with van der Waals surface area (Å²) in [5.74, 6) is -2.56. The summed E-state index contributed by atoms with van der Waals surface area (Å²) in [5, 5.41) is 13.7. The summed E-state index contributed by atoms with van der Waals surface area (Å²) in [5.41, 5.74) is 0.404. The minimum atomic E-state index is -0.647. The number of hydrogen-bond acceptors (Lipinski definition) is 5. The highest BCUT2D eigenvalue weighted by atomic mass is 79.9. The predicted octanol–water partition coefficient (Wildman–Crippen LogP) is 5.24. The number of imide groups is 1. The average Bonchev–Trinajstić information content (AvgIpc) is 3.43. The molecule has 0 spiro atoms. The van der Waals surface area contributed by atoms with Crippen LogP contribution in [0.15, 0.2) is 42.5 Å². The minimum Gasteiger partial charge on any atom is -0.272 e. The molecular formula is C23H17Br2Cl2N3O5. The van der Waals surface area contributed by atoms with Crippen LogP contribution in [0.2, 0.25) is 10.0 Å². The maximum Gasteiger partial charge on any atom is 0.273 e. The molecule has 3 fully saturated rings. The van der Waals surface area contributed by atoms with Crippen LogP contribution in [0, 0.1) is 33.8 Å². The molecule has 0 radical (unpaired) electrons. The Morgan fingerprint density at radius 3 is 2.11 bits per heavy atom. The second-order valence-corrected chi connectivity index (χ2v) is 11.9. The van der Waals surface area contributed by atoms with Gasteiger partial charge in [-0.2, -0.15) is 5.01 Å². The van der Waals surface area contributed by atoms with Gasteiger partial charge in [-0.3, -0.25) is 24.5 Å². The van der Waals surface area contributed by atoms with E-state index in [-0.39, 0.29) is 44.3 Å². The first-order valence-corrected chi connectivity index (χ1v) is 13.3. The van der Waals surface area contributed by atoms with E-state index in [2.05, 4.69) is 31.9 Å². The summed E-state index contributed by atoms with van der Waals surface area (Å²) in [6.07, 6.45) is 0.756. The van der Waals surface area contributed by atoms with E-state index in [9.17, 15) is 24.5 Å². The molecule has 2 aromatic carbocycles. The SMILES string of the molecule is O=C(c1ccc([N+](=O)[O-])cc1)N(Cc1ccc(Cl)cc1Cl)N1C(=O)[C@@H]2[C@H]3C[C@@H]([C@H](Br)[C@H]3Br)[C@@H]2C1=O. The number of amides is 3. The van der Waals surface area contributed by atoms with Crippen LogP contribution in [-0.4, -0.2) is 42.3 Å². The Bertz CT molecular complexity index is 1230. The highest BCUT2D eigenvalue weighted by Crippen LogP contribution is 2.60.